The fourth-order valence-electron chi connectivity index (χ4n) is 3.89. The van der Waals surface area contributed by atoms with Crippen molar-refractivity contribution in [1.82, 2.24) is 4.31 Å². The number of nitrogens with zero attached hydrogens (tertiary/aromatic N) is 2. The zero-order chi connectivity index (χ0) is 20.4. The first kappa shape index (κ1) is 19.8. The lowest BCUT2D eigenvalue weighted by Crippen LogP contribution is -2.35. The summed E-state index contributed by atoms with van der Waals surface area (Å²) >= 11 is 0. The van der Waals surface area contributed by atoms with E-state index in [-0.39, 0.29) is 11.7 Å². The van der Waals surface area contributed by atoms with Gasteiger partial charge in [0, 0.05) is 31.4 Å². The van der Waals surface area contributed by atoms with Crippen LogP contribution in [-0.4, -0.2) is 38.3 Å². The SMILES string of the molecule is O=C(/C=C/c1cccc(F)c1)N1CCc2cc(S(=O)(=O)N3CCCCC3)ccc21. The zero-order valence-corrected chi connectivity index (χ0v) is 16.9. The second-order valence-electron chi connectivity index (χ2n) is 7.38. The molecule has 152 valence electrons. The number of hydrogen-bond acceptors (Lipinski definition) is 3. The fraction of sp³-hybridized carbons (Fsp3) is 0.318. The number of benzene rings is 2. The van der Waals surface area contributed by atoms with Crippen LogP contribution in [0.3, 0.4) is 0 Å². The number of amides is 1. The van der Waals surface area contributed by atoms with Gasteiger partial charge >= 0.3 is 0 Å². The van der Waals surface area contributed by atoms with Crippen molar-refractivity contribution in [2.24, 2.45) is 0 Å². The Bertz CT molecular complexity index is 1060. The van der Waals surface area contributed by atoms with E-state index in [9.17, 15) is 17.6 Å². The lowest BCUT2D eigenvalue weighted by Gasteiger charge is -2.26. The Balaban J connectivity index is 1.53. The minimum Gasteiger partial charge on any atom is -0.308 e. The standard InChI is InChI=1S/C22H23FN2O3S/c23-19-6-4-5-17(15-19)7-10-22(26)25-14-11-18-16-20(8-9-21(18)25)29(27,28)24-12-2-1-3-13-24/h4-10,15-16H,1-3,11-14H2/b10-7+. The Morgan fingerprint density at radius 3 is 2.55 bits per heavy atom. The Labute approximate surface area is 170 Å². The Morgan fingerprint density at radius 2 is 1.79 bits per heavy atom. The number of carbonyl (C=O) groups is 1. The van der Waals surface area contributed by atoms with E-state index in [1.54, 1.807) is 45.6 Å². The molecule has 2 aromatic carbocycles. The molecule has 7 heteroatoms. The maximum Gasteiger partial charge on any atom is 0.251 e. The van der Waals surface area contributed by atoms with Crippen molar-refractivity contribution in [3.8, 4) is 0 Å². The number of rotatable bonds is 4. The highest BCUT2D eigenvalue weighted by atomic mass is 32.2. The van der Waals surface area contributed by atoms with Crippen LogP contribution >= 0.6 is 0 Å². The molecule has 1 fully saturated rings. The van der Waals surface area contributed by atoms with E-state index in [1.165, 1.54) is 18.2 Å². The summed E-state index contributed by atoms with van der Waals surface area (Å²) in [6, 6.07) is 11.0. The van der Waals surface area contributed by atoms with Crippen LogP contribution in [0.5, 0.6) is 0 Å². The van der Waals surface area contributed by atoms with Crippen molar-refractivity contribution < 1.29 is 17.6 Å². The van der Waals surface area contributed by atoms with E-state index < -0.39 is 10.0 Å². The van der Waals surface area contributed by atoms with Gasteiger partial charge in [0.25, 0.3) is 5.91 Å². The average Bonchev–Trinajstić information content (AvgIpc) is 3.16. The molecule has 2 aromatic rings. The van der Waals surface area contributed by atoms with Crippen molar-refractivity contribution in [2.75, 3.05) is 24.5 Å². The van der Waals surface area contributed by atoms with Crippen LogP contribution in [0.2, 0.25) is 0 Å². The summed E-state index contributed by atoms with van der Waals surface area (Å²) in [5.74, 6) is -0.562. The fourth-order valence-corrected chi connectivity index (χ4v) is 5.46. The van der Waals surface area contributed by atoms with Crippen molar-refractivity contribution in [3.05, 3.63) is 65.5 Å². The average molecular weight is 415 g/mol. The smallest absolute Gasteiger partial charge is 0.251 e. The van der Waals surface area contributed by atoms with Crippen molar-refractivity contribution in [3.63, 3.8) is 0 Å². The van der Waals surface area contributed by atoms with Crippen LogP contribution in [0.1, 0.15) is 30.4 Å². The lowest BCUT2D eigenvalue weighted by molar-refractivity contribution is -0.114. The highest BCUT2D eigenvalue weighted by Crippen LogP contribution is 2.32. The number of sulfonamides is 1. The molecule has 2 heterocycles. The molecule has 2 aliphatic heterocycles. The number of piperidine rings is 1. The van der Waals surface area contributed by atoms with E-state index >= 15 is 0 Å². The summed E-state index contributed by atoms with van der Waals surface area (Å²) in [6.45, 7) is 1.62. The molecule has 2 aliphatic rings. The van der Waals surface area contributed by atoms with Crippen molar-refractivity contribution >= 4 is 27.7 Å². The zero-order valence-electron chi connectivity index (χ0n) is 16.1. The highest BCUT2D eigenvalue weighted by Gasteiger charge is 2.29. The van der Waals surface area contributed by atoms with Gasteiger partial charge in [-0.25, -0.2) is 12.8 Å². The molecule has 0 spiro atoms. The van der Waals surface area contributed by atoms with Crippen molar-refractivity contribution in [2.45, 2.75) is 30.6 Å². The van der Waals surface area contributed by atoms with Gasteiger partial charge in [0.2, 0.25) is 10.0 Å². The molecule has 5 nitrogen and oxygen atoms in total. The van der Waals surface area contributed by atoms with Gasteiger partial charge in [0.1, 0.15) is 5.82 Å². The van der Waals surface area contributed by atoms with Crippen LogP contribution < -0.4 is 4.90 Å². The first-order valence-electron chi connectivity index (χ1n) is 9.83. The molecule has 1 saturated heterocycles. The topological polar surface area (TPSA) is 57.7 Å². The molecule has 0 atom stereocenters. The Morgan fingerprint density at radius 1 is 1.00 bits per heavy atom. The number of carbonyl (C=O) groups excluding carboxylic acids is 1. The van der Waals surface area contributed by atoms with Crippen LogP contribution in [0.4, 0.5) is 10.1 Å². The summed E-state index contributed by atoms with van der Waals surface area (Å²) in [6.07, 6.45) is 6.46. The quantitative estimate of drug-likeness (QED) is 0.719. The molecular weight excluding hydrogens is 391 g/mol. The van der Waals surface area contributed by atoms with E-state index in [0.717, 1.165) is 30.5 Å². The molecule has 29 heavy (non-hydrogen) atoms. The van der Waals surface area contributed by atoms with Gasteiger partial charge in [-0.05, 0) is 66.8 Å². The molecule has 0 aromatic heterocycles. The molecular formula is C22H23FN2O3S. The first-order chi connectivity index (χ1) is 13.9. The predicted molar refractivity (Wildman–Crippen MR) is 111 cm³/mol. The van der Waals surface area contributed by atoms with Gasteiger partial charge in [0.15, 0.2) is 0 Å². The van der Waals surface area contributed by atoms with E-state index in [4.69, 9.17) is 0 Å². The summed E-state index contributed by atoms with van der Waals surface area (Å²) in [7, 11) is -3.49. The van der Waals surface area contributed by atoms with Gasteiger partial charge < -0.3 is 4.90 Å². The summed E-state index contributed by atoms with van der Waals surface area (Å²) in [5, 5.41) is 0. The van der Waals surface area contributed by atoms with E-state index in [0.29, 0.717) is 36.5 Å². The highest BCUT2D eigenvalue weighted by molar-refractivity contribution is 7.89. The van der Waals surface area contributed by atoms with E-state index in [1.807, 2.05) is 0 Å². The number of anilines is 1. The third-order valence-corrected chi connectivity index (χ3v) is 7.33. The van der Waals surface area contributed by atoms with Crippen LogP contribution in [0.15, 0.2) is 53.4 Å². The normalized spacial score (nSPS) is 17.6. The van der Waals surface area contributed by atoms with Gasteiger partial charge in [-0.2, -0.15) is 4.31 Å². The Hall–Kier alpha value is -2.51. The molecule has 4 rings (SSSR count). The van der Waals surface area contributed by atoms with Crippen LogP contribution in [0, 0.1) is 5.82 Å². The maximum atomic E-state index is 13.3. The monoisotopic (exact) mass is 414 g/mol. The van der Waals surface area contributed by atoms with Gasteiger partial charge in [-0.3, -0.25) is 4.79 Å². The van der Waals surface area contributed by atoms with E-state index in [2.05, 4.69) is 0 Å². The molecule has 0 saturated carbocycles. The minimum absolute atomic E-state index is 0.209. The van der Waals surface area contributed by atoms with Gasteiger partial charge in [-0.1, -0.05) is 18.6 Å². The summed E-state index contributed by atoms with van der Waals surface area (Å²) in [4.78, 5) is 14.5. The third kappa shape index (κ3) is 4.11. The summed E-state index contributed by atoms with van der Waals surface area (Å²) in [5.41, 5.74) is 2.20. The summed E-state index contributed by atoms with van der Waals surface area (Å²) < 4.78 is 40.6. The number of hydrogen-bond donors (Lipinski definition) is 0. The van der Waals surface area contributed by atoms with Crippen LogP contribution in [0.25, 0.3) is 6.08 Å². The number of halogens is 1. The lowest BCUT2D eigenvalue weighted by atomic mass is 10.2. The third-order valence-electron chi connectivity index (χ3n) is 5.43. The second kappa shape index (κ2) is 8.08. The molecule has 0 unspecified atom stereocenters. The molecule has 0 radical (unpaired) electrons. The molecule has 0 N–H and O–H groups in total. The number of fused-ring (bicyclic) bond motifs is 1. The first-order valence-corrected chi connectivity index (χ1v) is 11.3. The van der Waals surface area contributed by atoms with Gasteiger partial charge in [-0.15, -0.1) is 0 Å². The Kier molecular flexibility index (Phi) is 5.52. The van der Waals surface area contributed by atoms with Crippen molar-refractivity contribution in [1.29, 1.82) is 0 Å². The minimum atomic E-state index is -3.49. The van der Waals surface area contributed by atoms with Gasteiger partial charge in [0.05, 0.1) is 4.90 Å². The molecule has 0 aliphatic carbocycles. The molecule has 0 bridgehead atoms. The van der Waals surface area contributed by atoms with Crippen LogP contribution in [-0.2, 0) is 21.2 Å². The maximum absolute atomic E-state index is 13.3. The largest absolute Gasteiger partial charge is 0.308 e. The second-order valence-corrected chi connectivity index (χ2v) is 9.32. The molecule has 1 amide bonds. The predicted octanol–water partition coefficient (Wildman–Crippen LogP) is 3.60.